The number of rotatable bonds is 5. The number of halogens is 1. The van der Waals surface area contributed by atoms with Crippen LogP contribution in [0.5, 0.6) is 0 Å². The summed E-state index contributed by atoms with van der Waals surface area (Å²) in [5.41, 5.74) is 0.396. The molecule has 0 aliphatic heterocycles. The maximum atomic E-state index is 12.5. The van der Waals surface area contributed by atoms with E-state index in [4.69, 9.17) is 4.74 Å². The molecule has 0 aromatic heterocycles. The van der Waals surface area contributed by atoms with Gasteiger partial charge in [0.1, 0.15) is 6.61 Å². The minimum Gasteiger partial charge on any atom is -0.461 e. The molecule has 0 saturated carbocycles. The summed E-state index contributed by atoms with van der Waals surface area (Å²) in [6.07, 6.45) is 0. The second kappa shape index (κ2) is 7.07. The molecule has 0 aliphatic carbocycles. The molecular formula is C16H15BrO4S. The van der Waals surface area contributed by atoms with Crippen LogP contribution in [0.3, 0.4) is 0 Å². The normalized spacial score (nSPS) is 12.6. The summed E-state index contributed by atoms with van der Waals surface area (Å²) in [7, 11) is -3.57. The maximum Gasteiger partial charge on any atom is 0.338 e. The topological polar surface area (TPSA) is 60.4 Å². The molecule has 22 heavy (non-hydrogen) atoms. The van der Waals surface area contributed by atoms with Gasteiger partial charge in [0.2, 0.25) is 0 Å². The molecule has 2 aromatic carbocycles. The van der Waals surface area contributed by atoms with Crippen molar-refractivity contribution in [1.82, 2.24) is 0 Å². The number of ether oxygens (including phenoxy) is 1. The molecule has 0 bridgehead atoms. The predicted octanol–water partition coefficient (Wildman–Crippen LogP) is 3.47. The summed E-state index contributed by atoms with van der Waals surface area (Å²) in [5.74, 6) is -0.533. The summed E-state index contributed by atoms with van der Waals surface area (Å²) in [6.45, 7) is 1.32. The van der Waals surface area contributed by atoms with Gasteiger partial charge in [0.05, 0.1) is 15.7 Å². The summed E-state index contributed by atoms with van der Waals surface area (Å²) >= 11 is 3.23. The number of hydrogen-bond donors (Lipinski definition) is 0. The van der Waals surface area contributed by atoms with Gasteiger partial charge in [-0.15, -0.1) is 0 Å². The molecule has 0 aliphatic rings. The lowest BCUT2D eigenvalue weighted by Gasteiger charge is -2.14. The zero-order valence-corrected chi connectivity index (χ0v) is 14.3. The third kappa shape index (κ3) is 3.75. The van der Waals surface area contributed by atoms with E-state index < -0.39 is 21.1 Å². The first-order valence-corrected chi connectivity index (χ1v) is 8.97. The Hall–Kier alpha value is -1.66. The Bertz CT molecular complexity index is 757. The highest BCUT2D eigenvalue weighted by Gasteiger charge is 2.26. The second-order valence-electron chi connectivity index (χ2n) is 4.75. The van der Waals surface area contributed by atoms with Crippen molar-refractivity contribution >= 4 is 31.7 Å². The largest absolute Gasteiger partial charge is 0.461 e. The molecule has 0 amide bonds. The zero-order chi connectivity index (χ0) is 16.2. The Balaban J connectivity index is 2.08. The van der Waals surface area contributed by atoms with Crippen LogP contribution in [0, 0.1) is 0 Å². The number of carbonyl (C=O) groups is 1. The van der Waals surface area contributed by atoms with Gasteiger partial charge in [0, 0.05) is 4.47 Å². The highest BCUT2D eigenvalue weighted by atomic mass is 79.9. The summed E-state index contributed by atoms with van der Waals surface area (Å²) in [5, 5.41) is -0.834. The Labute approximate surface area is 138 Å². The van der Waals surface area contributed by atoms with Gasteiger partial charge in [-0.3, -0.25) is 0 Å². The van der Waals surface area contributed by atoms with Crippen LogP contribution in [0.1, 0.15) is 17.3 Å². The molecule has 2 rings (SSSR count). The SMILES string of the molecule is CC(COC(=O)c1ccccc1)S(=O)(=O)c1ccccc1Br. The zero-order valence-electron chi connectivity index (χ0n) is 11.9. The van der Waals surface area contributed by atoms with E-state index in [1.165, 1.54) is 13.0 Å². The minimum atomic E-state index is -3.57. The van der Waals surface area contributed by atoms with Crippen LogP contribution in [0.2, 0.25) is 0 Å². The molecule has 0 heterocycles. The van der Waals surface area contributed by atoms with Crippen LogP contribution in [-0.2, 0) is 14.6 Å². The monoisotopic (exact) mass is 382 g/mol. The van der Waals surface area contributed by atoms with Crippen LogP contribution in [-0.4, -0.2) is 26.2 Å². The molecule has 0 radical (unpaired) electrons. The van der Waals surface area contributed by atoms with Gasteiger partial charge in [0.25, 0.3) is 0 Å². The third-order valence-corrected chi connectivity index (χ3v) is 6.25. The first-order chi connectivity index (χ1) is 10.4. The third-order valence-electron chi connectivity index (χ3n) is 3.13. The Kier molecular flexibility index (Phi) is 5.37. The van der Waals surface area contributed by atoms with Crippen molar-refractivity contribution in [2.45, 2.75) is 17.1 Å². The van der Waals surface area contributed by atoms with E-state index in [0.29, 0.717) is 10.0 Å². The standard InChI is InChI=1S/C16H15BrO4S/c1-12(11-21-16(18)13-7-3-2-4-8-13)22(19,20)15-10-6-5-9-14(15)17/h2-10,12H,11H2,1H3. The summed E-state index contributed by atoms with van der Waals surface area (Å²) < 4.78 is 30.6. The first-order valence-electron chi connectivity index (χ1n) is 6.63. The molecule has 0 saturated heterocycles. The number of hydrogen-bond acceptors (Lipinski definition) is 4. The highest BCUT2D eigenvalue weighted by Crippen LogP contribution is 2.25. The Morgan fingerprint density at radius 1 is 1.09 bits per heavy atom. The number of carbonyl (C=O) groups excluding carboxylic acids is 1. The van der Waals surface area contributed by atoms with E-state index >= 15 is 0 Å². The first kappa shape index (κ1) is 16.7. The van der Waals surface area contributed by atoms with E-state index in [-0.39, 0.29) is 11.5 Å². The van der Waals surface area contributed by atoms with E-state index in [1.807, 2.05) is 0 Å². The molecule has 6 heteroatoms. The highest BCUT2D eigenvalue weighted by molar-refractivity contribution is 9.10. The van der Waals surface area contributed by atoms with Crippen molar-refractivity contribution in [3.8, 4) is 0 Å². The van der Waals surface area contributed by atoms with Gasteiger partial charge in [-0.25, -0.2) is 13.2 Å². The average Bonchev–Trinajstić information content (AvgIpc) is 2.53. The second-order valence-corrected chi connectivity index (χ2v) is 7.94. The molecule has 0 N–H and O–H groups in total. The van der Waals surface area contributed by atoms with Gasteiger partial charge in [-0.05, 0) is 47.1 Å². The van der Waals surface area contributed by atoms with Crippen LogP contribution < -0.4 is 0 Å². The molecular weight excluding hydrogens is 368 g/mol. The van der Waals surface area contributed by atoms with E-state index in [0.717, 1.165) is 0 Å². The molecule has 0 spiro atoms. The van der Waals surface area contributed by atoms with Crippen LogP contribution >= 0.6 is 15.9 Å². The fourth-order valence-electron chi connectivity index (χ4n) is 1.83. The van der Waals surface area contributed by atoms with E-state index in [9.17, 15) is 13.2 Å². The van der Waals surface area contributed by atoms with Crippen molar-refractivity contribution in [2.24, 2.45) is 0 Å². The number of esters is 1. The van der Waals surface area contributed by atoms with Gasteiger partial charge in [0.15, 0.2) is 9.84 Å². The lowest BCUT2D eigenvalue weighted by molar-refractivity contribution is 0.0508. The lowest BCUT2D eigenvalue weighted by Crippen LogP contribution is -2.25. The van der Waals surface area contributed by atoms with Gasteiger partial charge in [-0.2, -0.15) is 0 Å². The number of sulfone groups is 1. The maximum absolute atomic E-state index is 12.5. The molecule has 4 nitrogen and oxygen atoms in total. The van der Waals surface area contributed by atoms with Crippen molar-refractivity contribution < 1.29 is 17.9 Å². The smallest absolute Gasteiger partial charge is 0.338 e. The van der Waals surface area contributed by atoms with Gasteiger partial charge < -0.3 is 4.74 Å². The van der Waals surface area contributed by atoms with Crippen LogP contribution in [0.15, 0.2) is 64.0 Å². The van der Waals surface area contributed by atoms with Crippen LogP contribution in [0.25, 0.3) is 0 Å². The molecule has 2 aromatic rings. The Morgan fingerprint density at radius 3 is 2.32 bits per heavy atom. The van der Waals surface area contributed by atoms with Gasteiger partial charge in [-0.1, -0.05) is 30.3 Å². The van der Waals surface area contributed by atoms with Crippen molar-refractivity contribution in [3.05, 3.63) is 64.6 Å². The molecule has 116 valence electrons. The quantitative estimate of drug-likeness (QED) is 0.742. The van der Waals surface area contributed by atoms with Gasteiger partial charge >= 0.3 is 5.97 Å². The van der Waals surface area contributed by atoms with Crippen molar-refractivity contribution in [3.63, 3.8) is 0 Å². The Morgan fingerprint density at radius 2 is 1.68 bits per heavy atom. The summed E-state index contributed by atoms with van der Waals surface area (Å²) in [6, 6.07) is 15.0. The lowest BCUT2D eigenvalue weighted by atomic mass is 10.2. The van der Waals surface area contributed by atoms with Crippen LogP contribution in [0.4, 0.5) is 0 Å². The molecule has 1 atom stereocenters. The number of benzene rings is 2. The van der Waals surface area contributed by atoms with Crippen molar-refractivity contribution in [2.75, 3.05) is 6.61 Å². The van der Waals surface area contributed by atoms with E-state index in [1.54, 1.807) is 48.5 Å². The fourth-order valence-corrected chi connectivity index (χ4v) is 4.08. The molecule has 0 fully saturated rings. The van der Waals surface area contributed by atoms with E-state index in [2.05, 4.69) is 15.9 Å². The molecule has 1 unspecified atom stereocenters. The minimum absolute atomic E-state index is 0.193. The van der Waals surface area contributed by atoms with Crippen molar-refractivity contribution in [1.29, 1.82) is 0 Å². The predicted molar refractivity (Wildman–Crippen MR) is 87.5 cm³/mol. The summed E-state index contributed by atoms with van der Waals surface area (Å²) in [4.78, 5) is 12.0. The fraction of sp³-hybridized carbons (Fsp3) is 0.188. The average molecular weight is 383 g/mol.